The Labute approximate surface area is 111 Å². The number of aryl methyl sites for hydroxylation is 1. The van der Waals surface area contributed by atoms with Crippen molar-refractivity contribution in [2.45, 2.75) is 38.7 Å². The average molecular weight is 260 g/mol. The number of nitriles is 1. The SMILES string of the molecule is Cc1ccc(C(=O)O[C@H]2CCCC[C@H]2C#N)c(=O)[nH]1. The van der Waals surface area contributed by atoms with Crippen LogP contribution >= 0.6 is 0 Å². The van der Waals surface area contributed by atoms with Crippen LogP contribution in [0.5, 0.6) is 0 Å². The Bertz CT molecular complexity index is 571. The molecule has 1 aliphatic carbocycles. The monoisotopic (exact) mass is 260 g/mol. The molecule has 2 atom stereocenters. The first-order chi connectivity index (χ1) is 9.11. The van der Waals surface area contributed by atoms with Gasteiger partial charge in [0, 0.05) is 5.69 Å². The Morgan fingerprint density at radius 1 is 1.42 bits per heavy atom. The van der Waals surface area contributed by atoms with Crippen LogP contribution in [0.4, 0.5) is 0 Å². The van der Waals surface area contributed by atoms with Crippen LogP contribution in [-0.2, 0) is 4.74 Å². The van der Waals surface area contributed by atoms with Crippen LogP contribution in [0, 0.1) is 24.2 Å². The fourth-order valence-electron chi connectivity index (χ4n) is 2.32. The number of nitrogens with one attached hydrogen (secondary N) is 1. The lowest BCUT2D eigenvalue weighted by Crippen LogP contribution is -2.31. The van der Waals surface area contributed by atoms with Crippen molar-refractivity contribution < 1.29 is 9.53 Å². The van der Waals surface area contributed by atoms with Gasteiger partial charge in [0.1, 0.15) is 11.7 Å². The topological polar surface area (TPSA) is 82.9 Å². The van der Waals surface area contributed by atoms with Crippen molar-refractivity contribution in [2.24, 2.45) is 5.92 Å². The number of esters is 1. The third kappa shape index (κ3) is 3.02. The summed E-state index contributed by atoms with van der Waals surface area (Å²) >= 11 is 0. The Balaban J connectivity index is 2.12. The van der Waals surface area contributed by atoms with Crippen molar-refractivity contribution in [2.75, 3.05) is 0 Å². The summed E-state index contributed by atoms with van der Waals surface area (Å²) in [6.45, 7) is 1.74. The number of aromatic nitrogens is 1. The van der Waals surface area contributed by atoms with Gasteiger partial charge in [0.15, 0.2) is 0 Å². The lowest BCUT2D eigenvalue weighted by Gasteiger charge is -2.26. The Kier molecular flexibility index (Phi) is 4.00. The lowest BCUT2D eigenvalue weighted by molar-refractivity contribution is 0.0105. The van der Waals surface area contributed by atoms with Gasteiger partial charge in [0.25, 0.3) is 5.56 Å². The largest absolute Gasteiger partial charge is 0.457 e. The summed E-state index contributed by atoms with van der Waals surface area (Å²) in [6.07, 6.45) is 2.97. The molecule has 0 bridgehead atoms. The maximum atomic E-state index is 12.0. The van der Waals surface area contributed by atoms with Crippen molar-refractivity contribution in [3.8, 4) is 6.07 Å². The molecule has 1 N–H and O–H groups in total. The normalized spacial score (nSPS) is 22.5. The van der Waals surface area contributed by atoms with E-state index in [1.165, 1.54) is 6.07 Å². The van der Waals surface area contributed by atoms with Gasteiger partial charge in [0.2, 0.25) is 0 Å². The molecule has 100 valence electrons. The summed E-state index contributed by atoms with van der Waals surface area (Å²) in [4.78, 5) is 26.2. The highest BCUT2D eigenvalue weighted by molar-refractivity contribution is 5.89. The molecular weight excluding hydrogens is 244 g/mol. The summed E-state index contributed by atoms with van der Waals surface area (Å²) < 4.78 is 5.32. The van der Waals surface area contributed by atoms with E-state index in [0.29, 0.717) is 12.1 Å². The fourth-order valence-corrected chi connectivity index (χ4v) is 2.32. The number of pyridine rings is 1. The minimum atomic E-state index is -0.645. The average Bonchev–Trinajstić information content (AvgIpc) is 2.39. The van der Waals surface area contributed by atoms with Crippen molar-refractivity contribution in [1.29, 1.82) is 5.26 Å². The summed E-state index contributed by atoms with van der Waals surface area (Å²) in [5.74, 6) is -0.907. The molecule has 1 saturated carbocycles. The highest BCUT2D eigenvalue weighted by Gasteiger charge is 2.29. The second-order valence-electron chi connectivity index (χ2n) is 4.85. The van der Waals surface area contributed by atoms with Crippen LogP contribution < -0.4 is 5.56 Å². The second-order valence-corrected chi connectivity index (χ2v) is 4.85. The summed E-state index contributed by atoms with van der Waals surface area (Å²) in [6, 6.07) is 5.28. The van der Waals surface area contributed by atoms with Crippen LogP contribution in [-0.4, -0.2) is 17.1 Å². The first-order valence-corrected chi connectivity index (χ1v) is 6.42. The van der Waals surface area contributed by atoms with Crippen molar-refractivity contribution in [3.05, 3.63) is 33.7 Å². The van der Waals surface area contributed by atoms with Gasteiger partial charge in [-0.05, 0) is 38.3 Å². The highest BCUT2D eigenvalue weighted by atomic mass is 16.5. The number of carbonyl (C=O) groups is 1. The highest BCUT2D eigenvalue weighted by Crippen LogP contribution is 2.26. The Morgan fingerprint density at radius 3 is 2.84 bits per heavy atom. The molecule has 2 rings (SSSR count). The third-order valence-corrected chi connectivity index (χ3v) is 3.40. The molecule has 19 heavy (non-hydrogen) atoms. The first kappa shape index (κ1) is 13.3. The lowest BCUT2D eigenvalue weighted by atomic mass is 9.87. The summed E-state index contributed by atoms with van der Waals surface area (Å²) in [5.41, 5.74) is 0.233. The van der Waals surface area contributed by atoms with Crippen molar-refractivity contribution in [1.82, 2.24) is 4.98 Å². The van der Waals surface area contributed by atoms with Crippen LogP contribution in [0.3, 0.4) is 0 Å². The van der Waals surface area contributed by atoms with Crippen LogP contribution in [0.1, 0.15) is 41.7 Å². The number of nitrogens with zero attached hydrogens (tertiary/aromatic N) is 1. The Morgan fingerprint density at radius 2 is 2.16 bits per heavy atom. The van der Waals surface area contributed by atoms with Gasteiger partial charge in [-0.25, -0.2) is 4.79 Å². The minimum absolute atomic E-state index is 0.00661. The molecule has 0 amide bonds. The van der Waals surface area contributed by atoms with Crippen LogP contribution in [0.2, 0.25) is 0 Å². The van der Waals surface area contributed by atoms with Crippen LogP contribution in [0.15, 0.2) is 16.9 Å². The predicted octanol–water partition coefficient (Wildman–Crippen LogP) is 1.92. The van der Waals surface area contributed by atoms with E-state index in [4.69, 9.17) is 10.00 Å². The minimum Gasteiger partial charge on any atom is -0.457 e. The molecule has 1 heterocycles. The van der Waals surface area contributed by atoms with E-state index >= 15 is 0 Å². The summed E-state index contributed by atoms with van der Waals surface area (Å²) in [7, 11) is 0. The molecule has 0 aliphatic heterocycles. The molecular formula is C14H16N2O3. The second kappa shape index (κ2) is 5.70. The molecule has 0 radical (unpaired) electrons. The molecule has 1 aromatic heterocycles. The van der Waals surface area contributed by atoms with Gasteiger partial charge in [-0.3, -0.25) is 4.79 Å². The number of ether oxygens (including phenoxy) is 1. The van der Waals surface area contributed by atoms with E-state index in [1.54, 1.807) is 13.0 Å². The maximum absolute atomic E-state index is 12.0. The predicted molar refractivity (Wildman–Crippen MR) is 68.6 cm³/mol. The Hall–Kier alpha value is -2.09. The van der Waals surface area contributed by atoms with E-state index in [2.05, 4.69) is 11.1 Å². The zero-order chi connectivity index (χ0) is 13.8. The van der Waals surface area contributed by atoms with Gasteiger partial charge >= 0.3 is 5.97 Å². The molecule has 5 nitrogen and oxygen atoms in total. The van der Waals surface area contributed by atoms with Gasteiger partial charge in [-0.15, -0.1) is 0 Å². The molecule has 0 aromatic carbocycles. The summed E-state index contributed by atoms with van der Waals surface area (Å²) in [5, 5.41) is 9.03. The zero-order valence-electron chi connectivity index (χ0n) is 10.8. The van der Waals surface area contributed by atoms with Crippen molar-refractivity contribution in [3.63, 3.8) is 0 Å². The standard InChI is InChI=1S/C14H16N2O3/c1-9-6-7-11(13(17)16-9)14(18)19-12-5-3-2-4-10(12)8-15/h6-7,10,12H,2-5H2,1H3,(H,16,17)/t10-,12-/m0/s1. The maximum Gasteiger partial charge on any atom is 0.344 e. The van der Waals surface area contributed by atoms with Crippen molar-refractivity contribution >= 4 is 5.97 Å². The fraction of sp³-hybridized carbons (Fsp3) is 0.500. The number of hydrogen-bond donors (Lipinski definition) is 1. The molecule has 0 unspecified atom stereocenters. The molecule has 1 aliphatic rings. The molecule has 1 fully saturated rings. The van der Waals surface area contributed by atoms with Crippen LogP contribution in [0.25, 0.3) is 0 Å². The van der Waals surface area contributed by atoms with Gasteiger partial charge < -0.3 is 9.72 Å². The smallest absolute Gasteiger partial charge is 0.344 e. The van der Waals surface area contributed by atoms with E-state index in [0.717, 1.165) is 19.3 Å². The van der Waals surface area contributed by atoms with E-state index in [1.807, 2.05) is 0 Å². The molecule has 0 saturated heterocycles. The zero-order valence-corrected chi connectivity index (χ0v) is 10.8. The molecule has 5 heteroatoms. The third-order valence-electron chi connectivity index (χ3n) is 3.40. The first-order valence-electron chi connectivity index (χ1n) is 6.42. The molecule has 1 aromatic rings. The van der Waals surface area contributed by atoms with Gasteiger partial charge in [0.05, 0.1) is 12.0 Å². The number of carbonyl (C=O) groups excluding carboxylic acids is 1. The van der Waals surface area contributed by atoms with Gasteiger partial charge in [-0.1, -0.05) is 6.42 Å². The van der Waals surface area contributed by atoms with E-state index in [9.17, 15) is 9.59 Å². The van der Waals surface area contributed by atoms with Gasteiger partial charge in [-0.2, -0.15) is 5.26 Å². The number of aromatic amines is 1. The van der Waals surface area contributed by atoms with E-state index in [-0.39, 0.29) is 11.5 Å². The van der Waals surface area contributed by atoms with E-state index < -0.39 is 17.6 Å². The molecule has 0 spiro atoms. The quantitative estimate of drug-likeness (QED) is 0.823. The number of rotatable bonds is 2. The number of H-pyrrole nitrogens is 1. The number of hydrogen-bond acceptors (Lipinski definition) is 4.